The highest BCUT2D eigenvalue weighted by Crippen LogP contribution is 2.46. The van der Waals surface area contributed by atoms with E-state index < -0.39 is 0 Å². The molecule has 0 bridgehead atoms. The quantitative estimate of drug-likeness (QED) is 0.171. The third kappa shape index (κ3) is 5.15. The number of aromatic nitrogens is 3. The average Bonchev–Trinajstić information content (AvgIpc) is 3.83. The Morgan fingerprint density at radius 3 is 1.65 bits per heavy atom. The SMILES string of the molecule is c1ccc(-c2nc(-c3ccc4c(c3)oc3ccccc34)nc(-c3cccc4oc5cc(N(c6ccccc6)c6ccccc6)c6ccccc6c5c34)n2)cc1. The molecule has 0 aliphatic heterocycles. The van der Waals surface area contributed by atoms with E-state index in [-0.39, 0.29) is 0 Å². The van der Waals surface area contributed by atoms with Gasteiger partial charge in [-0.05, 0) is 53.9 Å². The lowest BCUT2D eigenvalue weighted by Crippen LogP contribution is -2.10. The van der Waals surface area contributed by atoms with Crippen molar-refractivity contribution in [1.29, 1.82) is 0 Å². The Morgan fingerprint density at radius 2 is 0.909 bits per heavy atom. The van der Waals surface area contributed by atoms with Crippen LogP contribution in [-0.2, 0) is 0 Å². The minimum absolute atomic E-state index is 0.560. The number of anilines is 3. The lowest BCUT2D eigenvalue weighted by molar-refractivity contribution is 0.669. The largest absolute Gasteiger partial charge is 0.456 e. The average molecular weight is 707 g/mol. The number of nitrogens with zero attached hydrogens (tertiary/aromatic N) is 4. The molecule has 0 unspecified atom stereocenters. The van der Waals surface area contributed by atoms with Crippen LogP contribution in [-0.4, -0.2) is 15.0 Å². The smallest absolute Gasteiger partial charge is 0.164 e. The summed E-state index contributed by atoms with van der Waals surface area (Å²) in [6.45, 7) is 0. The van der Waals surface area contributed by atoms with Crippen LogP contribution in [0.4, 0.5) is 17.1 Å². The Balaban J connectivity index is 1.16. The van der Waals surface area contributed by atoms with Gasteiger partial charge in [0.25, 0.3) is 0 Å². The van der Waals surface area contributed by atoms with Crippen molar-refractivity contribution < 1.29 is 8.83 Å². The Morgan fingerprint density at radius 1 is 0.345 bits per heavy atom. The van der Waals surface area contributed by atoms with Gasteiger partial charge in [0.15, 0.2) is 17.5 Å². The van der Waals surface area contributed by atoms with Gasteiger partial charge in [-0.25, -0.2) is 15.0 Å². The van der Waals surface area contributed by atoms with Crippen LogP contribution in [0.5, 0.6) is 0 Å². The maximum Gasteiger partial charge on any atom is 0.164 e. The molecule has 258 valence electrons. The first-order chi connectivity index (χ1) is 27.3. The zero-order valence-corrected chi connectivity index (χ0v) is 29.4. The molecule has 6 heteroatoms. The van der Waals surface area contributed by atoms with E-state index in [1.807, 2.05) is 78.9 Å². The summed E-state index contributed by atoms with van der Waals surface area (Å²) in [4.78, 5) is 17.7. The maximum absolute atomic E-state index is 6.78. The van der Waals surface area contributed by atoms with E-state index in [2.05, 4.69) is 108 Å². The van der Waals surface area contributed by atoms with Crippen LogP contribution in [0, 0.1) is 0 Å². The summed E-state index contributed by atoms with van der Waals surface area (Å²) < 4.78 is 13.1. The van der Waals surface area contributed by atoms with Crippen molar-refractivity contribution in [3.05, 3.63) is 182 Å². The molecule has 11 rings (SSSR count). The molecule has 0 amide bonds. The van der Waals surface area contributed by atoms with Gasteiger partial charge in [-0.2, -0.15) is 0 Å². The van der Waals surface area contributed by atoms with Gasteiger partial charge in [0.05, 0.1) is 5.69 Å². The van der Waals surface area contributed by atoms with Crippen LogP contribution >= 0.6 is 0 Å². The molecule has 0 saturated heterocycles. The van der Waals surface area contributed by atoms with Crippen LogP contribution in [0.3, 0.4) is 0 Å². The number of hydrogen-bond donors (Lipinski definition) is 0. The zero-order chi connectivity index (χ0) is 36.3. The summed E-state index contributed by atoms with van der Waals surface area (Å²) in [5.74, 6) is 1.71. The second-order valence-corrected chi connectivity index (χ2v) is 13.6. The second kappa shape index (κ2) is 12.5. The van der Waals surface area contributed by atoms with Crippen LogP contribution in [0.15, 0.2) is 191 Å². The first kappa shape index (κ1) is 31.0. The van der Waals surface area contributed by atoms with Gasteiger partial charge in [0, 0.05) is 61.1 Å². The van der Waals surface area contributed by atoms with E-state index >= 15 is 0 Å². The van der Waals surface area contributed by atoms with E-state index in [9.17, 15) is 0 Å². The highest BCUT2D eigenvalue weighted by molar-refractivity contribution is 6.25. The Hall–Kier alpha value is -7.57. The Kier molecular flexibility index (Phi) is 7.07. The molecule has 11 aromatic rings. The molecule has 0 spiro atoms. The van der Waals surface area contributed by atoms with Crippen LogP contribution < -0.4 is 4.90 Å². The van der Waals surface area contributed by atoms with E-state index in [1.54, 1.807) is 0 Å². The summed E-state index contributed by atoms with van der Waals surface area (Å²) >= 11 is 0. The lowest BCUT2D eigenvalue weighted by atomic mass is 9.98. The fraction of sp³-hybridized carbons (Fsp3) is 0. The van der Waals surface area contributed by atoms with Gasteiger partial charge >= 0.3 is 0 Å². The first-order valence-corrected chi connectivity index (χ1v) is 18.3. The number of benzene rings is 8. The van der Waals surface area contributed by atoms with Crippen LogP contribution in [0.25, 0.3) is 88.8 Å². The Bertz CT molecular complexity index is 3170. The molecule has 0 aliphatic carbocycles. The number of furan rings is 2. The van der Waals surface area contributed by atoms with E-state index in [0.29, 0.717) is 17.5 Å². The normalized spacial score (nSPS) is 11.6. The Labute approximate surface area is 315 Å². The summed E-state index contributed by atoms with van der Waals surface area (Å²) in [7, 11) is 0. The number of hydrogen-bond acceptors (Lipinski definition) is 6. The molecular formula is C49H30N4O2. The van der Waals surface area contributed by atoms with Crippen molar-refractivity contribution in [3.8, 4) is 34.2 Å². The molecule has 0 radical (unpaired) electrons. The van der Waals surface area contributed by atoms with Gasteiger partial charge in [-0.3, -0.25) is 0 Å². The highest BCUT2D eigenvalue weighted by atomic mass is 16.3. The molecule has 6 nitrogen and oxygen atoms in total. The zero-order valence-electron chi connectivity index (χ0n) is 29.4. The van der Waals surface area contributed by atoms with Crippen LogP contribution in [0.2, 0.25) is 0 Å². The molecule has 0 aliphatic rings. The molecule has 0 fully saturated rings. The number of fused-ring (bicyclic) bond motifs is 8. The summed E-state index contributed by atoms with van der Waals surface area (Å²) in [5.41, 5.74) is 8.91. The van der Waals surface area contributed by atoms with Gasteiger partial charge in [-0.1, -0.05) is 127 Å². The van der Waals surface area contributed by atoms with E-state index in [0.717, 1.165) is 88.4 Å². The molecule has 55 heavy (non-hydrogen) atoms. The number of rotatable bonds is 6. The minimum Gasteiger partial charge on any atom is -0.456 e. The standard InChI is InChI=1S/C49H30N4O2/c1-4-15-31(16-5-1)47-50-48(32-27-28-37-36-22-12-13-25-41(36)54-43(37)29-32)52-49(51-47)39-24-14-26-42-46(39)45-38-23-11-10-21-35(38)40(30-44(45)55-42)53(33-17-6-2-7-18-33)34-19-8-3-9-20-34/h1-30H. The summed E-state index contributed by atoms with van der Waals surface area (Å²) in [6, 6.07) is 62.1. The predicted molar refractivity (Wildman–Crippen MR) is 223 cm³/mol. The summed E-state index contributed by atoms with van der Waals surface area (Å²) in [6.07, 6.45) is 0. The van der Waals surface area contributed by atoms with Crippen LogP contribution in [0.1, 0.15) is 0 Å². The third-order valence-electron chi connectivity index (χ3n) is 10.3. The maximum atomic E-state index is 6.78. The second-order valence-electron chi connectivity index (χ2n) is 13.6. The fourth-order valence-electron chi connectivity index (χ4n) is 7.82. The van der Waals surface area contributed by atoms with Crippen molar-refractivity contribution in [1.82, 2.24) is 15.0 Å². The van der Waals surface area contributed by atoms with Crippen molar-refractivity contribution >= 4 is 71.7 Å². The van der Waals surface area contributed by atoms with Crippen molar-refractivity contribution in [3.63, 3.8) is 0 Å². The van der Waals surface area contributed by atoms with Crippen molar-refractivity contribution in [2.24, 2.45) is 0 Å². The lowest BCUT2D eigenvalue weighted by Gasteiger charge is -2.27. The first-order valence-electron chi connectivity index (χ1n) is 18.3. The van der Waals surface area contributed by atoms with Gasteiger partial charge in [0.2, 0.25) is 0 Å². The minimum atomic E-state index is 0.560. The monoisotopic (exact) mass is 706 g/mol. The third-order valence-corrected chi connectivity index (χ3v) is 10.3. The molecule has 3 aromatic heterocycles. The molecular weight excluding hydrogens is 677 g/mol. The topological polar surface area (TPSA) is 68.2 Å². The van der Waals surface area contributed by atoms with Gasteiger partial charge < -0.3 is 13.7 Å². The van der Waals surface area contributed by atoms with E-state index in [4.69, 9.17) is 23.8 Å². The molecule has 0 N–H and O–H groups in total. The molecule has 0 saturated carbocycles. The molecule has 8 aromatic carbocycles. The van der Waals surface area contributed by atoms with Gasteiger partial charge in [0.1, 0.15) is 22.3 Å². The fourth-order valence-corrected chi connectivity index (χ4v) is 7.82. The van der Waals surface area contributed by atoms with Crippen molar-refractivity contribution in [2.75, 3.05) is 4.90 Å². The predicted octanol–water partition coefficient (Wildman–Crippen LogP) is 13.3. The molecule has 3 heterocycles. The molecule has 0 atom stereocenters. The summed E-state index contributed by atoms with van der Waals surface area (Å²) in [5, 5.41) is 6.27. The highest BCUT2D eigenvalue weighted by Gasteiger charge is 2.23. The van der Waals surface area contributed by atoms with E-state index in [1.165, 1.54) is 0 Å². The number of para-hydroxylation sites is 3. The van der Waals surface area contributed by atoms with Crippen molar-refractivity contribution in [2.45, 2.75) is 0 Å². The van der Waals surface area contributed by atoms with Gasteiger partial charge in [-0.15, -0.1) is 0 Å².